The average molecular weight is 278 g/mol. The summed E-state index contributed by atoms with van der Waals surface area (Å²) in [4.78, 5) is 22.2. The number of amides is 1. The quantitative estimate of drug-likeness (QED) is 0.364. The third kappa shape index (κ3) is 9.26. The van der Waals surface area contributed by atoms with E-state index >= 15 is 0 Å². The van der Waals surface area contributed by atoms with Gasteiger partial charge in [-0.25, -0.2) is 4.79 Å². The maximum absolute atomic E-state index is 11.3. The summed E-state index contributed by atoms with van der Waals surface area (Å²) in [6.45, 7) is 2.67. The molecule has 0 bridgehead atoms. The zero-order valence-corrected chi connectivity index (χ0v) is 11.7. The van der Waals surface area contributed by atoms with Gasteiger partial charge in [0.1, 0.15) is 6.04 Å². The number of carbonyl (C=O) groups excluding carboxylic acids is 2. The van der Waals surface area contributed by atoms with Crippen molar-refractivity contribution in [2.75, 3.05) is 38.3 Å². The molecule has 1 amide bonds. The van der Waals surface area contributed by atoms with Crippen molar-refractivity contribution in [3.05, 3.63) is 0 Å². The van der Waals surface area contributed by atoms with Crippen LogP contribution in [0, 0.1) is 0 Å². The van der Waals surface area contributed by atoms with Gasteiger partial charge in [-0.2, -0.15) is 11.8 Å². The van der Waals surface area contributed by atoms with Crippen LogP contribution < -0.4 is 10.6 Å². The number of hydrogen-bond donors (Lipinski definition) is 3. The maximum atomic E-state index is 11.3. The minimum absolute atomic E-state index is 0.216. The van der Waals surface area contributed by atoms with Gasteiger partial charge in [0.15, 0.2) is 0 Å². The number of aliphatic hydroxyl groups is 1. The lowest BCUT2D eigenvalue weighted by Gasteiger charge is -2.15. The fraction of sp³-hybridized carbons (Fsp3) is 0.818. The van der Waals surface area contributed by atoms with Crippen molar-refractivity contribution in [1.29, 1.82) is 0 Å². The minimum Gasteiger partial charge on any atom is -0.467 e. The molecule has 1 unspecified atom stereocenters. The van der Waals surface area contributed by atoms with E-state index in [1.54, 1.807) is 11.8 Å². The second-order valence-electron chi connectivity index (χ2n) is 3.67. The summed E-state index contributed by atoms with van der Waals surface area (Å²) in [5.74, 6) is 1.10. The molecule has 0 heterocycles. The van der Waals surface area contributed by atoms with Crippen LogP contribution in [0.3, 0.4) is 0 Å². The van der Waals surface area contributed by atoms with Gasteiger partial charge < -0.3 is 20.5 Å². The van der Waals surface area contributed by atoms with E-state index in [1.807, 2.05) is 0 Å². The molecule has 106 valence electrons. The molecule has 18 heavy (non-hydrogen) atoms. The fourth-order valence-corrected chi connectivity index (χ4v) is 2.07. The molecular formula is C11H22N2O4S. The van der Waals surface area contributed by atoms with Gasteiger partial charge in [-0.1, -0.05) is 0 Å². The summed E-state index contributed by atoms with van der Waals surface area (Å²) in [5, 5.41) is 14.2. The van der Waals surface area contributed by atoms with Crippen LogP contribution in [0.5, 0.6) is 0 Å². The topological polar surface area (TPSA) is 87.7 Å². The van der Waals surface area contributed by atoms with Gasteiger partial charge >= 0.3 is 5.97 Å². The number of carbonyl (C=O) groups is 2. The standard InChI is InChI=1S/C11H22N2O4S/c1-9(15)13-10(11(16)17-2)8-12-4-7-18-6-3-5-14/h10,12,14H,3-8H2,1-2H3,(H,13,15). The van der Waals surface area contributed by atoms with Crippen molar-refractivity contribution in [2.45, 2.75) is 19.4 Å². The number of thioether (sulfide) groups is 1. The highest BCUT2D eigenvalue weighted by Gasteiger charge is 2.19. The molecule has 0 radical (unpaired) electrons. The summed E-state index contributed by atoms with van der Waals surface area (Å²) >= 11 is 1.73. The van der Waals surface area contributed by atoms with Gasteiger partial charge in [-0.05, 0) is 12.2 Å². The first-order valence-electron chi connectivity index (χ1n) is 5.86. The van der Waals surface area contributed by atoms with Gasteiger partial charge in [0.05, 0.1) is 7.11 Å². The number of rotatable bonds is 10. The highest BCUT2D eigenvalue weighted by molar-refractivity contribution is 7.99. The van der Waals surface area contributed by atoms with Crippen molar-refractivity contribution in [3.63, 3.8) is 0 Å². The highest BCUT2D eigenvalue weighted by atomic mass is 32.2. The van der Waals surface area contributed by atoms with E-state index in [-0.39, 0.29) is 12.5 Å². The molecule has 0 saturated heterocycles. The summed E-state index contributed by atoms with van der Waals surface area (Å²) in [5.41, 5.74) is 0. The normalized spacial score (nSPS) is 11.9. The van der Waals surface area contributed by atoms with Crippen LogP contribution in [0.25, 0.3) is 0 Å². The molecule has 3 N–H and O–H groups in total. The molecule has 0 aromatic rings. The van der Waals surface area contributed by atoms with Gasteiger partial charge in [0.2, 0.25) is 5.91 Å². The molecule has 0 saturated carbocycles. The Morgan fingerprint density at radius 2 is 2.11 bits per heavy atom. The molecule has 0 spiro atoms. The Labute approximate surface area is 112 Å². The SMILES string of the molecule is COC(=O)C(CNCCSCCCO)NC(C)=O. The van der Waals surface area contributed by atoms with E-state index in [1.165, 1.54) is 14.0 Å². The zero-order chi connectivity index (χ0) is 13.8. The van der Waals surface area contributed by atoms with Gasteiger partial charge in [-0.3, -0.25) is 4.79 Å². The lowest BCUT2D eigenvalue weighted by molar-refractivity contribution is -0.144. The van der Waals surface area contributed by atoms with Crippen molar-refractivity contribution >= 4 is 23.6 Å². The molecule has 0 aromatic carbocycles. The first-order valence-corrected chi connectivity index (χ1v) is 7.01. The molecular weight excluding hydrogens is 256 g/mol. The Morgan fingerprint density at radius 1 is 1.39 bits per heavy atom. The lowest BCUT2D eigenvalue weighted by Crippen LogP contribution is -2.47. The number of nitrogens with one attached hydrogen (secondary N) is 2. The largest absolute Gasteiger partial charge is 0.467 e. The van der Waals surface area contributed by atoms with Crippen LogP contribution in [0.15, 0.2) is 0 Å². The summed E-state index contributed by atoms with van der Waals surface area (Å²) in [7, 11) is 1.29. The smallest absolute Gasteiger partial charge is 0.329 e. The van der Waals surface area contributed by atoms with E-state index in [0.717, 1.165) is 24.5 Å². The van der Waals surface area contributed by atoms with Crippen molar-refractivity contribution in [3.8, 4) is 0 Å². The maximum Gasteiger partial charge on any atom is 0.329 e. The molecule has 0 aliphatic carbocycles. The Morgan fingerprint density at radius 3 is 2.67 bits per heavy atom. The monoisotopic (exact) mass is 278 g/mol. The highest BCUT2D eigenvalue weighted by Crippen LogP contribution is 1.99. The Balaban J connectivity index is 3.69. The molecule has 0 aliphatic heterocycles. The molecule has 0 aliphatic rings. The summed E-state index contributed by atoms with van der Waals surface area (Å²) in [6, 6.07) is -0.644. The van der Waals surface area contributed by atoms with Crippen LogP contribution in [-0.2, 0) is 14.3 Å². The molecule has 0 fully saturated rings. The number of ether oxygens (including phenoxy) is 1. The van der Waals surface area contributed by atoms with Crippen molar-refractivity contribution < 1.29 is 19.4 Å². The third-order valence-electron chi connectivity index (χ3n) is 2.08. The van der Waals surface area contributed by atoms with Gasteiger partial charge in [0, 0.05) is 32.4 Å². The lowest BCUT2D eigenvalue weighted by atomic mass is 10.3. The summed E-state index contributed by atoms with van der Waals surface area (Å²) in [6.07, 6.45) is 0.793. The number of aliphatic hydroxyl groups excluding tert-OH is 1. The minimum atomic E-state index is -0.644. The molecule has 0 aromatic heterocycles. The number of hydrogen-bond acceptors (Lipinski definition) is 6. The van der Waals surface area contributed by atoms with E-state index in [9.17, 15) is 9.59 Å². The molecule has 7 heteroatoms. The Kier molecular flexibility index (Phi) is 10.8. The second kappa shape index (κ2) is 11.3. The van der Waals surface area contributed by atoms with Gasteiger partial charge in [0.25, 0.3) is 0 Å². The summed E-state index contributed by atoms with van der Waals surface area (Å²) < 4.78 is 4.60. The number of esters is 1. The predicted octanol–water partition coefficient (Wildman–Crippen LogP) is -0.631. The van der Waals surface area contributed by atoms with Crippen LogP contribution in [0.4, 0.5) is 0 Å². The van der Waals surface area contributed by atoms with Crippen LogP contribution >= 0.6 is 11.8 Å². The van der Waals surface area contributed by atoms with Crippen LogP contribution in [0.1, 0.15) is 13.3 Å². The van der Waals surface area contributed by atoms with E-state index < -0.39 is 12.0 Å². The Bertz CT molecular complexity index is 251. The first kappa shape index (κ1) is 17.2. The van der Waals surface area contributed by atoms with E-state index in [4.69, 9.17) is 5.11 Å². The van der Waals surface area contributed by atoms with Crippen LogP contribution in [-0.4, -0.2) is 61.3 Å². The van der Waals surface area contributed by atoms with E-state index in [2.05, 4.69) is 15.4 Å². The molecule has 1 atom stereocenters. The fourth-order valence-electron chi connectivity index (χ4n) is 1.24. The average Bonchev–Trinajstić information content (AvgIpc) is 2.34. The first-order chi connectivity index (χ1) is 8.61. The molecule has 0 rings (SSSR count). The number of methoxy groups -OCH3 is 1. The third-order valence-corrected chi connectivity index (χ3v) is 3.15. The van der Waals surface area contributed by atoms with Crippen LogP contribution in [0.2, 0.25) is 0 Å². The molecule has 6 nitrogen and oxygen atoms in total. The van der Waals surface area contributed by atoms with Crippen molar-refractivity contribution in [2.24, 2.45) is 0 Å². The van der Waals surface area contributed by atoms with E-state index in [0.29, 0.717) is 6.54 Å². The second-order valence-corrected chi connectivity index (χ2v) is 4.89. The zero-order valence-electron chi connectivity index (χ0n) is 10.9. The predicted molar refractivity (Wildman–Crippen MR) is 71.5 cm³/mol. The van der Waals surface area contributed by atoms with Gasteiger partial charge in [-0.15, -0.1) is 0 Å². The van der Waals surface area contributed by atoms with Crippen molar-refractivity contribution in [1.82, 2.24) is 10.6 Å². The Hall–Kier alpha value is -0.790.